The van der Waals surface area contributed by atoms with Crippen molar-refractivity contribution in [3.05, 3.63) is 35.5 Å². The maximum absolute atomic E-state index is 4.43. The second kappa shape index (κ2) is 6.84. The number of benzene rings is 1. The quantitative estimate of drug-likeness (QED) is 0.788. The van der Waals surface area contributed by atoms with Gasteiger partial charge in [-0.2, -0.15) is 10.1 Å². The van der Waals surface area contributed by atoms with Crippen LogP contribution in [-0.2, 0) is 0 Å². The third-order valence-corrected chi connectivity index (χ3v) is 3.11. The Kier molecular flexibility index (Phi) is 4.87. The monoisotopic (exact) mass is 271 g/mol. The Balaban J connectivity index is 2.11. The van der Waals surface area contributed by atoms with E-state index in [1.165, 1.54) is 11.1 Å². The fourth-order valence-electron chi connectivity index (χ4n) is 1.96. The lowest BCUT2D eigenvalue weighted by molar-refractivity contribution is 0.819. The molecule has 0 bridgehead atoms. The average Bonchev–Trinajstić information content (AvgIpc) is 2.44. The first kappa shape index (κ1) is 14.2. The van der Waals surface area contributed by atoms with E-state index >= 15 is 0 Å². The molecule has 0 unspecified atom stereocenters. The van der Waals surface area contributed by atoms with Crippen molar-refractivity contribution >= 4 is 17.5 Å². The molecule has 5 nitrogen and oxygen atoms in total. The zero-order valence-corrected chi connectivity index (χ0v) is 12.3. The summed E-state index contributed by atoms with van der Waals surface area (Å²) in [5, 5.41) is 14.5. The average molecular weight is 271 g/mol. The highest BCUT2D eigenvalue weighted by atomic mass is 15.3. The molecule has 1 heterocycles. The lowest BCUT2D eigenvalue weighted by atomic mass is 10.1. The summed E-state index contributed by atoms with van der Waals surface area (Å²) in [5.41, 5.74) is 3.45. The highest BCUT2D eigenvalue weighted by molar-refractivity contribution is 5.64. The summed E-state index contributed by atoms with van der Waals surface area (Å²) in [5.74, 6) is 1.27. The van der Waals surface area contributed by atoms with E-state index in [1.807, 2.05) is 6.07 Å². The zero-order chi connectivity index (χ0) is 14.4. The smallest absolute Gasteiger partial charge is 0.244 e. The van der Waals surface area contributed by atoms with Crippen LogP contribution in [0, 0.1) is 13.8 Å². The van der Waals surface area contributed by atoms with Crippen molar-refractivity contribution in [3.63, 3.8) is 0 Å². The van der Waals surface area contributed by atoms with Gasteiger partial charge in [-0.15, -0.1) is 5.10 Å². The molecule has 0 amide bonds. The first-order valence-corrected chi connectivity index (χ1v) is 6.97. The van der Waals surface area contributed by atoms with Gasteiger partial charge in [0.2, 0.25) is 5.95 Å². The van der Waals surface area contributed by atoms with E-state index in [0.29, 0.717) is 11.8 Å². The van der Waals surface area contributed by atoms with E-state index in [4.69, 9.17) is 0 Å². The molecule has 0 saturated carbocycles. The van der Waals surface area contributed by atoms with Crippen molar-refractivity contribution in [3.8, 4) is 0 Å². The second-order valence-corrected chi connectivity index (χ2v) is 4.84. The summed E-state index contributed by atoms with van der Waals surface area (Å²) >= 11 is 0. The number of aromatic nitrogens is 3. The number of hydrogen-bond acceptors (Lipinski definition) is 5. The summed E-state index contributed by atoms with van der Waals surface area (Å²) in [4.78, 5) is 4.43. The van der Waals surface area contributed by atoms with Crippen LogP contribution in [0.4, 0.5) is 17.5 Å². The van der Waals surface area contributed by atoms with Gasteiger partial charge in [-0.25, -0.2) is 0 Å². The molecule has 2 rings (SSSR count). The van der Waals surface area contributed by atoms with Gasteiger partial charge in [-0.05, 0) is 31.4 Å². The maximum Gasteiger partial charge on any atom is 0.244 e. The van der Waals surface area contributed by atoms with Crippen LogP contribution < -0.4 is 10.6 Å². The zero-order valence-electron chi connectivity index (χ0n) is 12.3. The summed E-state index contributed by atoms with van der Waals surface area (Å²) in [6.45, 7) is 7.17. The van der Waals surface area contributed by atoms with Crippen molar-refractivity contribution in [2.75, 3.05) is 17.2 Å². The van der Waals surface area contributed by atoms with E-state index in [1.54, 1.807) is 6.20 Å². The number of aryl methyl sites for hydroxylation is 2. The van der Waals surface area contributed by atoms with E-state index in [9.17, 15) is 0 Å². The van der Waals surface area contributed by atoms with E-state index in [0.717, 1.165) is 25.1 Å². The van der Waals surface area contributed by atoms with Gasteiger partial charge in [0.25, 0.3) is 0 Å². The fraction of sp³-hybridized carbons (Fsp3) is 0.400. The predicted octanol–water partition coefficient (Wildman–Crippen LogP) is 3.44. The summed E-state index contributed by atoms with van der Waals surface area (Å²) in [6, 6.07) is 6.19. The largest absolute Gasteiger partial charge is 0.353 e. The van der Waals surface area contributed by atoms with Crippen LogP contribution in [0.3, 0.4) is 0 Å². The third kappa shape index (κ3) is 3.66. The minimum absolute atomic E-state index is 0.565. The minimum atomic E-state index is 0.565. The van der Waals surface area contributed by atoms with Crippen LogP contribution in [-0.4, -0.2) is 21.7 Å². The summed E-state index contributed by atoms with van der Waals surface area (Å²) < 4.78 is 0. The van der Waals surface area contributed by atoms with Crippen LogP contribution in [0.2, 0.25) is 0 Å². The normalized spacial score (nSPS) is 10.3. The predicted molar refractivity (Wildman–Crippen MR) is 82.4 cm³/mol. The van der Waals surface area contributed by atoms with Gasteiger partial charge in [0.05, 0.1) is 6.20 Å². The number of rotatable bonds is 6. The Bertz CT molecular complexity index is 548. The molecule has 5 heteroatoms. The molecular weight excluding hydrogens is 250 g/mol. The molecule has 106 valence electrons. The number of nitrogens with zero attached hydrogens (tertiary/aromatic N) is 3. The van der Waals surface area contributed by atoms with Crippen LogP contribution in [0.25, 0.3) is 0 Å². The Hall–Kier alpha value is -2.17. The SMILES string of the molecule is CCCCNc1nncc(Nc2c(C)cccc2C)n1. The molecule has 0 fully saturated rings. The molecule has 1 aromatic carbocycles. The Labute approximate surface area is 119 Å². The molecule has 2 N–H and O–H groups in total. The first-order chi connectivity index (χ1) is 9.70. The van der Waals surface area contributed by atoms with Crippen molar-refractivity contribution in [1.82, 2.24) is 15.2 Å². The third-order valence-electron chi connectivity index (χ3n) is 3.11. The van der Waals surface area contributed by atoms with Gasteiger partial charge in [-0.3, -0.25) is 0 Å². The van der Waals surface area contributed by atoms with Gasteiger partial charge in [0.15, 0.2) is 5.82 Å². The topological polar surface area (TPSA) is 62.7 Å². The number of para-hydroxylation sites is 1. The summed E-state index contributed by atoms with van der Waals surface area (Å²) in [7, 11) is 0. The van der Waals surface area contributed by atoms with Crippen LogP contribution in [0.5, 0.6) is 0 Å². The van der Waals surface area contributed by atoms with Crippen molar-refractivity contribution in [1.29, 1.82) is 0 Å². The Morgan fingerprint density at radius 1 is 1.15 bits per heavy atom. The van der Waals surface area contributed by atoms with E-state index in [-0.39, 0.29) is 0 Å². The lowest BCUT2D eigenvalue weighted by Crippen LogP contribution is -2.08. The number of hydrogen-bond donors (Lipinski definition) is 2. The van der Waals surface area contributed by atoms with Gasteiger partial charge in [0.1, 0.15) is 0 Å². The molecule has 0 spiro atoms. The van der Waals surface area contributed by atoms with Gasteiger partial charge in [0, 0.05) is 12.2 Å². The number of nitrogens with one attached hydrogen (secondary N) is 2. The molecule has 0 saturated heterocycles. The highest BCUT2D eigenvalue weighted by Crippen LogP contribution is 2.23. The first-order valence-electron chi connectivity index (χ1n) is 6.97. The molecule has 0 atom stereocenters. The van der Waals surface area contributed by atoms with Crippen LogP contribution >= 0.6 is 0 Å². The van der Waals surface area contributed by atoms with E-state index in [2.05, 4.69) is 58.7 Å². The Morgan fingerprint density at radius 2 is 1.90 bits per heavy atom. The summed E-state index contributed by atoms with van der Waals surface area (Å²) in [6.07, 6.45) is 3.87. The number of unbranched alkanes of at least 4 members (excludes halogenated alkanes) is 1. The van der Waals surface area contributed by atoms with Crippen molar-refractivity contribution in [2.24, 2.45) is 0 Å². The fourth-order valence-corrected chi connectivity index (χ4v) is 1.96. The molecule has 20 heavy (non-hydrogen) atoms. The molecule has 0 radical (unpaired) electrons. The molecule has 1 aromatic heterocycles. The van der Waals surface area contributed by atoms with Gasteiger partial charge < -0.3 is 10.6 Å². The van der Waals surface area contributed by atoms with Crippen molar-refractivity contribution < 1.29 is 0 Å². The maximum atomic E-state index is 4.43. The molecule has 0 aliphatic heterocycles. The Morgan fingerprint density at radius 3 is 2.60 bits per heavy atom. The molecule has 0 aliphatic rings. The number of anilines is 3. The van der Waals surface area contributed by atoms with Crippen LogP contribution in [0.1, 0.15) is 30.9 Å². The molecule has 2 aromatic rings. The van der Waals surface area contributed by atoms with Gasteiger partial charge in [-0.1, -0.05) is 31.5 Å². The van der Waals surface area contributed by atoms with Crippen molar-refractivity contribution in [2.45, 2.75) is 33.6 Å². The standard InChI is InChI=1S/C15H21N5/c1-4-5-9-16-15-19-13(10-17-20-15)18-14-11(2)7-6-8-12(14)3/h6-8,10H,4-5,9H2,1-3H3,(H2,16,18,19,20). The molecular formula is C15H21N5. The minimum Gasteiger partial charge on any atom is -0.353 e. The molecule has 0 aliphatic carbocycles. The van der Waals surface area contributed by atoms with Gasteiger partial charge >= 0.3 is 0 Å². The lowest BCUT2D eigenvalue weighted by Gasteiger charge is -2.12. The van der Waals surface area contributed by atoms with Crippen LogP contribution in [0.15, 0.2) is 24.4 Å². The highest BCUT2D eigenvalue weighted by Gasteiger charge is 2.05. The second-order valence-electron chi connectivity index (χ2n) is 4.84. The van der Waals surface area contributed by atoms with E-state index < -0.39 is 0 Å².